The van der Waals surface area contributed by atoms with Crippen LogP contribution in [0.4, 0.5) is 10.5 Å². The molecule has 3 amide bonds. The number of ketones is 1. The summed E-state index contributed by atoms with van der Waals surface area (Å²) in [6.07, 6.45) is 0.899. The van der Waals surface area contributed by atoms with E-state index in [1.54, 1.807) is 19.1 Å². The molecule has 0 saturated heterocycles. The second-order valence-corrected chi connectivity index (χ2v) is 7.57. The van der Waals surface area contributed by atoms with Crippen LogP contribution in [0, 0.1) is 17.3 Å². The zero-order valence-electron chi connectivity index (χ0n) is 13.8. The molecule has 0 bridgehead atoms. The van der Waals surface area contributed by atoms with Crippen molar-refractivity contribution < 1.29 is 14.4 Å². The van der Waals surface area contributed by atoms with Gasteiger partial charge in [0.25, 0.3) is 0 Å². The van der Waals surface area contributed by atoms with Crippen LogP contribution >= 0.6 is 23.2 Å². The number of carbonyl (C=O) groups is 3. The molecule has 2 atom stereocenters. The lowest BCUT2D eigenvalue weighted by atomic mass is 9.52. The maximum absolute atomic E-state index is 12.0. The zero-order chi connectivity index (χ0) is 18.1. The summed E-state index contributed by atoms with van der Waals surface area (Å²) < 4.78 is 0. The number of amides is 3. The van der Waals surface area contributed by atoms with Crippen molar-refractivity contribution in [2.75, 3.05) is 5.32 Å². The highest BCUT2D eigenvalue weighted by atomic mass is 35.5. The number of imide groups is 1. The van der Waals surface area contributed by atoms with E-state index < -0.39 is 6.03 Å². The van der Waals surface area contributed by atoms with Gasteiger partial charge in [0.05, 0.1) is 10.0 Å². The van der Waals surface area contributed by atoms with Gasteiger partial charge >= 0.3 is 6.03 Å². The van der Waals surface area contributed by atoms with Crippen LogP contribution in [0.2, 0.25) is 10.0 Å². The summed E-state index contributed by atoms with van der Waals surface area (Å²) >= 11 is 11.7. The van der Waals surface area contributed by atoms with Gasteiger partial charge in [0, 0.05) is 18.0 Å². The fraction of sp³-hybridized carbons (Fsp3) is 0.471. The van der Waals surface area contributed by atoms with E-state index in [9.17, 15) is 14.4 Å². The van der Waals surface area contributed by atoms with Gasteiger partial charge < -0.3 is 5.32 Å². The van der Waals surface area contributed by atoms with Crippen molar-refractivity contribution in [2.24, 2.45) is 17.3 Å². The number of halogens is 2. The number of hydrogen-bond donors (Lipinski definition) is 2. The number of Topliss-reactive ketones (excluding diaryl/α,β-unsaturated/α-hetero) is 1. The molecule has 1 aliphatic carbocycles. The fourth-order valence-corrected chi connectivity index (χ4v) is 3.49. The van der Waals surface area contributed by atoms with Gasteiger partial charge in [0.15, 0.2) is 0 Å². The van der Waals surface area contributed by atoms with Crippen molar-refractivity contribution in [3.63, 3.8) is 0 Å². The van der Waals surface area contributed by atoms with Crippen molar-refractivity contribution in [3.8, 4) is 0 Å². The monoisotopic (exact) mass is 370 g/mol. The quantitative estimate of drug-likeness (QED) is 0.829. The van der Waals surface area contributed by atoms with Crippen LogP contribution in [0.15, 0.2) is 18.2 Å². The van der Waals surface area contributed by atoms with Crippen molar-refractivity contribution in [1.82, 2.24) is 5.32 Å². The molecule has 2 N–H and O–H groups in total. The first kappa shape index (κ1) is 18.7. The number of nitrogens with one attached hydrogen (secondary N) is 2. The third-order valence-electron chi connectivity index (χ3n) is 4.82. The summed E-state index contributed by atoms with van der Waals surface area (Å²) in [6, 6.07) is 4.02. The van der Waals surface area contributed by atoms with Crippen molar-refractivity contribution >= 4 is 46.6 Å². The van der Waals surface area contributed by atoms with Crippen LogP contribution in [-0.4, -0.2) is 17.7 Å². The standard InChI is InChI=1S/C17H20Cl2N2O3/c1-9(22)12-6-10(17(12,2)3)7-15(23)21-16(24)20-11-4-5-13(18)14(19)8-11/h4-5,8,10,12H,6-7H2,1-3H3,(H2,20,21,23,24). The summed E-state index contributed by atoms with van der Waals surface area (Å²) in [5, 5.41) is 5.52. The van der Waals surface area contributed by atoms with E-state index in [-0.39, 0.29) is 35.4 Å². The fourth-order valence-electron chi connectivity index (χ4n) is 3.19. The smallest absolute Gasteiger partial charge is 0.308 e. The molecule has 1 saturated carbocycles. The van der Waals surface area contributed by atoms with Crippen LogP contribution in [0.25, 0.3) is 0 Å². The number of hydrogen-bond acceptors (Lipinski definition) is 3. The van der Waals surface area contributed by atoms with Gasteiger partial charge in [-0.05, 0) is 42.9 Å². The topological polar surface area (TPSA) is 75.3 Å². The van der Waals surface area contributed by atoms with Crippen LogP contribution < -0.4 is 10.6 Å². The Morgan fingerprint density at radius 1 is 1.21 bits per heavy atom. The Balaban J connectivity index is 1.85. The van der Waals surface area contributed by atoms with Gasteiger partial charge in [-0.3, -0.25) is 14.9 Å². The SMILES string of the molecule is CC(=O)C1CC(CC(=O)NC(=O)Nc2ccc(Cl)c(Cl)c2)C1(C)C. The molecule has 24 heavy (non-hydrogen) atoms. The Bertz CT molecular complexity index is 688. The molecule has 0 aromatic heterocycles. The lowest BCUT2D eigenvalue weighted by Crippen LogP contribution is -2.50. The molecule has 2 rings (SSSR count). The number of rotatable bonds is 4. The molecule has 0 radical (unpaired) electrons. The summed E-state index contributed by atoms with van der Waals surface area (Å²) in [7, 11) is 0. The highest BCUT2D eigenvalue weighted by molar-refractivity contribution is 6.42. The summed E-state index contributed by atoms with van der Waals surface area (Å²) in [5.74, 6) is -0.147. The predicted molar refractivity (Wildman–Crippen MR) is 94.3 cm³/mol. The lowest BCUT2D eigenvalue weighted by molar-refractivity contribution is -0.140. The lowest BCUT2D eigenvalue weighted by Gasteiger charge is -2.51. The Labute approximate surface area is 151 Å². The molecule has 1 aromatic carbocycles. The maximum Gasteiger partial charge on any atom is 0.325 e. The number of carbonyl (C=O) groups excluding carboxylic acids is 3. The van der Waals surface area contributed by atoms with Crippen molar-refractivity contribution in [3.05, 3.63) is 28.2 Å². The number of anilines is 1. The average molecular weight is 371 g/mol. The predicted octanol–water partition coefficient (Wildman–Crippen LogP) is 4.28. The molecule has 0 aliphatic heterocycles. The molecule has 7 heteroatoms. The van der Waals surface area contributed by atoms with Gasteiger partial charge in [0.2, 0.25) is 5.91 Å². The van der Waals surface area contributed by atoms with Gasteiger partial charge in [-0.2, -0.15) is 0 Å². The molecule has 1 aliphatic rings. The van der Waals surface area contributed by atoms with Gasteiger partial charge in [-0.25, -0.2) is 4.79 Å². The number of benzene rings is 1. The van der Waals surface area contributed by atoms with Crippen LogP contribution in [0.3, 0.4) is 0 Å². The van der Waals surface area contributed by atoms with Crippen LogP contribution in [0.1, 0.15) is 33.6 Å². The van der Waals surface area contributed by atoms with Crippen molar-refractivity contribution in [2.45, 2.75) is 33.6 Å². The van der Waals surface area contributed by atoms with Crippen LogP contribution in [-0.2, 0) is 9.59 Å². The molecule has 0 spiro atoms. The van der Waals surface area contributed by atoms with E-state index in [0.717, 1.165) is 0 Å². The van der Waals surface area contributed by atoms with Gasteiger partial charge in [0.1, 0.15) is 5.78 Å². The first-order chi connectivity index (χ1) is 11.1. The minimum atomic E-state index is -0.626. The molecule has 130 valence electrons. The van der Waals surface area contributed by atoms with E-state index in [1.165, 1.54) is 6.07 Å². The largest absolute Gasteiger partial charge is 0.325 e. The first-order valence-corrected chi connectivity index (χ1v) is 8.43. The van der Waals surface area contributed by atoms with E-state index >= 15 is 0 Å². The average Bonchev–Trinajstić information content (AvgIpc) is 2.46. The Kier molecular flexibility index (Phi) is 5.56. The van der Waals surface area contributed by atoms with Gasteiger partial charge in [-0.1, -0.05) is 37.0 Å². The first-order valence-electron chi connectivity index (χ1n) is 7.67. The van der Waals surface area contributed by atoms with E-state index in [2.05, 4.69) is 10.6 Å². The Morgan fingerprint density at radius 2 is 1.88 bits per heavy atom. The zero-order valence-corrected chi connectivity index (χ0v) is 15.3. The Hall–Kier alpha value is -1.59. The molecule has 1 fully saturated rings. The molecule has 0 heterocycles. The third kappa shape index (κ3) is 4.08. The van der Waals surface area contributed by atoms with Crippen LogP contribution in [0.5, 0.6) is 0 Å². The van der Waals surface area contributed by atoms with E-state index in [4.69, 9.17) is 23.2 Å². The molecule has 2 unspecified atom stereocenters. The molecule has 5 nitrogen and oxygen atoms in total. The third-order valence-corrected chi connectivity index (χ3v) is 5.56. The number of urea groups is 1. The second-order valence-electron chi connectivity index (χ2n) is 6.75. The maximum atomic E-state index is 12.0. The molecular formula is C17H20Cl2N2O3. The van der Waals surface area contributed by atoms with Crippen molar-refractivity contribution in [1.29, 1.82) is 0 Å². The second kappa shape index (κ2) is 7.11. The Morgan fingerprint density at radius 3 is 2.42 bits per heavy atom. The van der Waals surface area contributed by atoms with Gasteiger partial charge in [-0.15, -0.1) is 0 Å². The summed E-state index contributed by atoms with van der Waals surface area (Å²) in [5.41, 5.74) is 0.221. The normalized spacial score (nSPS) is 21.5. The molecule has 1 aromatic rings. The summed E-state index contributed by atoms with van der Waals surface area (Å²) in [4.78, 5) is 35.4. The minimum Gasteiger partial charge on any atom is -0.308 e. The highest BCUT2D eigenvalue weighted by Crippen LogP contribution is 2.53. The highest BCUT2D eigenvalue weighted by Gasteiger charge is 2.50. The minimum absolute atomic E-state index is 0.0136. The van der Waals surface area contributed by atoms with E-state index in [1.807, 2.05) is 13.8 Å². The van der Waals surface area contributed by atoms with E-state index in [0.29, 0.717) is 22.2 Å². The molecular weight excluding hydrogens is 351 g/mol. The summed E-state index contributed by atoms with van der Waals surface area (Å²) in [6.45, 7) is 5.54.